The Morgan fingerprint density at radius 2 is 1.75 bits per heavy atom. The van der Waals surface area contributed by atoms with E-state index in [-0.39, 0.29) is 17.3 Å². The number of piperazine rings is 1. The number of fused-ring (bicyclic) bond motifs is 1. The second-order valence-corrected chi connectivity index (χ2v) is 8.26. The van der Waals surface area contributed by atoms with Crippen LogP contribution in [0.1, 0.15) is 37.1 Å². The summed E-state index contributed by atoms with van der Waals surface area (Å²) in [5, 5.41) is 0. The van der Waals surface area contributed by atoms with Crippen molar-refractivity contribution >= 4 is 22.8 Å². The van der Waals surface area contributed by atoms with Gasteiger partial charge in [-0.1, -0.05) is 26.0 Å². The van der Waals surface area contributed by atoms with E-state index in [1.165, 1.54) is 6.07 Å². The number of para-hydroxylation sites is 2. The van der Waals surface area contributed by atoms with Crippen LogP contribution in [-0.2, 0) is 17.5 Å². The van der Waals surface area contributed by atoms with E-state index in [9.17, 15) is 18.0 Å². The Balaban J connectivity index is 1.48. The van der Waals surface area contributed by atoms with E-state index in [0.29, 0.717) is 31.7 Å². The lowest BCUT2D eigenvalue weighted by atomic mass is 10.2. The zero-order valence-corrected chi connectivity index (χ0v) is 18.2. The number of amides is 1. The first-order chi connectivity index (χ1) is 15.1. The number of hydrogen-bond donors (Lipinski definition) is 0. The van der Waals surface area contributed by atoms with Crippen LogP contribution in [-0.4, -0.2) is 56.5 Å². The molecule has 32 heavy (non-hydrogen) atoms. The molecule has 10 heteroatoms. The summed E-state index contributed by atoms with van der Waals surface area (Å²) in [4.78, 5) is 29.4. The van der Waals surface area contributed by atoms with Crippen LogP contribution in [0.25, 0.3) is 11.0 Å². The van der Waals surface area contributed by atoms with Gasteiger partial charge in [-0.2, -0.15) is 13.2 Å². The van der Waals surface area contributed by atoms with Crippen molar-refractivity contribution < 1.29 is 18.0 Å². The van der Waals surface area contributed by atoms with Crippen molar-refractivity contribution in [2.45, 2.75) is 39.4 Å². The molecule has 3 aromatic rings. The van der Waals surface area contributed by atoms with Crippen molar-refractivity contribution in [3.8, 4) is 0 Å². The van der Waals surface area contributed by atoms with E-state index in [1.807, 2.05) is 26.8 Å². The number of imidazole rings is 1. The lowest BCUT2D eigenvalue weighted by Crippen LogP contribution is -2.50. The van der Waals surface area contributed by atoms with Crippen LogP contribution in [0.3, 0.4) is 0 Å². The van der Waals surface area contributed by atoms with Crippen molar-refractivity contribution in [1.29, 1.82) is 0 Å². The highest BCUT2D eigenvalue weighted by Crippen LogP contribution is 2.31. The zero-order chi connectivity index (χ0) is 23.0. The van der Waals surface area contributed by atoms with Gasteiger partial charge in [0.1, 0.15) is 18.2 Å². The Hall–Kier alpha value is -3.17. The molecule has 0 unspecified atom stereocenters. The molecule has 7 nitrogen and oxygen atoms in total. The number of carbonyl (C=O) groups is 1. The highest BCUT2D eigenvalue weighted by atomic mass is 19.4. The SMILES string of the molecule is Cc1cc(N2CCN(C(=O)Cn3c(C(F)(F)F)nc4ccccc43)CC2)nc(C(C)C)n1. The molecule has 1 saturated heterocycles. The van der Waals surface area contributed by atoms with Crippen molar-refractivity contribution in [1.82, 2.24) is 24.4 Å². The summed E-state index contributed by atoms with van der Waals surface area (Å²) >= 11 is 0. The second-order valence-electron chi connectivity index (χ2n) is 8.26. The highest BCUT2D eigenvalue weighted by molar-refractivity contribution is 5.81. The van der Waals surface area contributed by atoms with Crippen LogP contribution >= 0.6 is 0 Å². The molecule has 1 amide bonds. The maximum absolute atomic E-state index is 13.5. The summed E-state index contributed by atoms with van der Waals surface area (Å²) in [7, 11) is 0. The molecule has 0 radical (unpaired) electrons. The number of benzene rings is 1. The number of alkyl halides is 3. The van der Waals surface area contributed by atoms with Crippen LogP contribution in [0.4, 0.5) is 19.0 Å². The lowest BCUT2D eigenvalue weighted by Gasteiger charge is -2.36. The number of rotatable bonds is 4. The van der Waals surface area contributed by atoms with Gasteiger partial charge in [0, 0.05) is 43.9 Å². The minimum Gasteiger partial charge on any atom is -0.353 e. The number of nitrogens with zero attached hydrogens (tertiary/aromatic N) is 6. The quantitative estimate of drug-likeness (QED) is 0.612. The van der Waals surface area contributed by atoms with Crippen molar-refractivity contribution in [2.75, 3.05) is 31.1 Å². The molecule has 0 atom stereocenters. The topological polar surface area (TPSA) is 67.2 Å². The van der Waals surface area contributed by atoms with E-state index >= 15 is 0 Å². The molecule has 0 bridgehead atoms. The van der Waals surface area contributed by atoms with Crippen LogP contribution in [0.2, 0.25) is 0 Å². The third-order valence-corrected chi connectivity index (χ3v) is 5.53. The molecule has 1 fully saturated rings. The molecule has 4 rings (SSSR count). The number of anilines is 1. The van der Waals surface area contributed by atoms with E-state index in [1.54, 1.807) is 23.1 Å². The molecule has 0 saturated carbocycles. The van der Waals surface area contributed by atoms with Gasteiger partial charge in [-0.3, -0.25) is 4.79 Å². The molecule has 170 valence electrons. The van der Waals surface area contributed by atoms with Crippen LogP contribution < -0.4 is 4.90 Å². The first-order valence-electron chi connectivity index (χ1n) is 10.5. The largest absolute Gasteiger partial charge is 0.449 e. The Labute approximate surface area is 183 Å². The van der Waals surface area contributed by atoms with Crippen LogP contribution in [0.15, 0.2) is 30.3 Å². The van der Waals surface area contributed by atoms with Crippen molar-refractivity contribution in [3.05, 3.63) is 47.7 Å². The molecular formula is C22H25F3N6O. The lowest BCUT2D eigenvalue weighted by molar-refractivity contribution is -0.148. The van der Waals surface area contributed by atoms with Gasteiger partial charge < -0.3 is 14.4 Å². The van der Waals surface area contributed by atoms with Crippen molar-refractivity contribution in [3.63, 3.8) is 0 Å². The number of aryl methyl sites for hydroxylation is 1. The molecule has 2 aromatic heterocycles. The maximum Gasteiger partial charge on any atom is 0.449 e. The zero-order valence-electron chi connectivity index (χ0n) is 18.2. The van der Waals surface area contributed by atoms with Gasteiger partial charge in [0.05, 0.1) is 11.0 Å². The first-order valence-corrected chi connectivity index (χ1v) is 10.5. The summed E-state index contributed by atoms with van der Waals surface area (Å²) in [6.07, 6.45) is -4.64. The standard InChI is InChI=1S/C22H25F3N6O/c1-14(2)20-26-15(3)12-18(28-20)29-8-10-30(11-9-29)19(32)13-31-17-7-5-4-6-16(17)27-21(31)22(23,24)25/h4-7,12,14H,8-11,13H2,1-3H3. The van der Waals surface area contributed by atoms with E-state index in [2.05, 4.69) is 19.9 Å². The minimum absolute atomic E-state index is 0.198. The number of hydrogen-bond acceptors (Lipinski definition) is 5. The Kier molecular flexibility index (Phi) is 5.79. The van der Waals surface area contributed by atoms with Gasteiger partial charge in [-0.25, -0.2) is 15.0 Å². The molecule has 3 heterocycles. The van der Waals surface area contributed by atoms with Gasteiger partial charge in [-0.15, -0.1) is 0 Å². The summed E-state index contributed by atoms with van der Waals surface area (Å²) < 4.78 is 41.5. The van der Waals surface area contributed by atoms with E-state index < -0.39 is 18.5 Å². The van der Waals surface area contributed by atoms with Gasteiger partial charge >= 0.3 is 6.18 Å². The monoisotopic (exact) mass is 446 g/mol. The van der Waals surface area contributed by atoms with Crippen molar-refractivity contribution in [2.24, 2.45) is 0 Å². The molecular weight excluding hydrogens is 421 g/mol. The maximum atomic E-state index is 13.5. The fraction of sp³-hybridized carbons (Fsp3) is 0.455. The molecule has 0 spiro atoms. The fourth-order valence-electron chi connectivity index (χ4n) is 3.87. The Morgan fingerprint density at radius 3 is 2.41 bits per heavy atom. The van der Waals surface area contributed by atoms with Crippen LogP contribution in [0.5, 0.6) is 0 Å². The van der Waals surface area contributed by atoms with Crippen LogP contribution in [0, 0.1) is 6.92 Å². The molecule has 1 aromatic carbocycles. The third-order valence-electron chi connectivity index (χ3n) is 5.53. The molecule has 0 N–H and O–H groups in total. The smallest absolute Gasteiger partial charge is 0.353 e. The minimum atomic E-state index is -4.64. The number of carbonyl (C=O) groups excluding carboxylic acids is 1. The number of halogens is 3. The summed E-state index contributed by atoms with van der Waals surface area (Å²) in [5.74, 6) is 0.367. The average molecular weight is 446 g/mol. The molecule has 0 aliphatic carbocycles. The Morgan fingerprint density at radius 1 is 1.06 bits per heavy atom. The average Bonchev–Trinajstić information content (AvgIpc) is 3.12. The van der Waals surface area contributed by atoms with Gasteiger partial charge in [0.2, 0.25) is 11.7 Å². The van der Waals surface area contributed by atoms with E-state index in [4.69, 9.17) is 0 Å². The third kappa shape index (κ3) is 4.39. The predicted molar refractivity (Wildman–Crippen MR) is 114 cm³/mol. The summed E-state index contributed by atoms with van der Waals surface area (Å²) in [5.41, 5.74) is 1.39. The van der Waals surface area contributed by atoms with Gasteiger partial charge in [0.25, 0.3) is 0 Å². The normalized spacial score (nSPS) is 15.1. The first kappa shape index (κ1) is 22.0. The second kappa shape index (κ2) is 8.40. The summed E-state index contributed by atoms with van der Waals surface area (Å²) in [6, 6.07) is 8.24. The van der Waals surface area contributed by atoms with Gasteiger partial charge in [-0.05, 0) is 19.1 Å². The van der Waals surface area contributed by atoms with Gasteiger partial charge in [0.15, 0.2) is 0 Å². The summed E-state index contributed by atoms with van der Waals surface area (Å²) in [6.45, 7) is 7.51. The molecule has 1 aliphatic heterocycles. The predicted octanol–water partition coefficient (Wildman–Crippen LogP) is 3.63. The van der Waals surface area contributed by atoms with E-state index in [0.717, 1.165) is 21.9 Å². The highest BCUT2D eigenvalue weighted by Gasteiger charge is 2.38. The molecule has 1 aliphatic rings. The fourth-order valence-corrected chi connectivity index (χ4v) is 3.87. The number of aromatic nitrogens is 4. The Bertz CT molecular complexity index is 1130.